The Balaban J connectivity index is 1.88. The molecule has 1 heterocycles. The first-order valence-electron chi connectivity index (χ1n) is 6.23. The molecule has 0 spiro atoms. The molecule has 0 radical (unpaired) electrons. The smallest absolute Gasteiger partial charge is 0.223 e. The molecule has 2 aliphatic rings. The van der Waals surface area contributed by atoms with Gasteiger partial charge in [-0.1, -0.05) is 6.92 Å². The summed E-state index contributed by atoms with van der Waals surface area (Å²) in [6.45, 7) is 2.30. The van der Waals surface area contributed by atoms with Crippen molar-refractivity contribution < 1.29 is 0 Å². The van der Waals surface area contributed by atoms with Gasteiger partial charge in [0.1, 0.15) is 11.6 Å². The van der Waals surface area contributed by atoms with Crippen molar-refractivity contribution in [3.63, 3.8) is 0 Å². The van der Waals surface area contributed by atoms with E-state index in [0.29, 0.717) is 17.8 Å². The summed E-state index contributed by atoms with van der Waals surface area (Å²) >= 11 is 0. The minimum absolute atomic E-state index is 0.409. The van der Waals surface area contributed by atoms with Crippen LogP contribution in [0, 0.1) is 5.92 Å². The van der Waals surface area contributed by atoms with E-state index in [0.717, 1.165) is 17.6 Å². The third-order valence-corrected chi connectivity index (χ3v) is 3.69. The van der Waals surface area contributed by atoms with Crippen molar-refractivity contribution in [1.29, 1.82) is 0 Å². The average Bonchev–Trinajstić information content (AvgIpc) is 3.01. The van der Waals surface area contributed by atoms with E-state index in [4.69, 9.17) is 5.73 Å². The largest absolute Gasteiger partial charge is 0.368 e. The van der Waals surface area contributed by atoms with E-state index in [1.54, 1.807) is 0 Å². The maximum Gasteiger partial charge on any atom is 0.223 e. The fourth-order valence-corrected chi connectivity index (χ4v) is 2.58. The van der Waals surface area contributed by atoms with Crippen molar-refractivity contribution in [1.82, 2.24) is 15.0 Å². The Hall–Kier alpha value is -1.19. The third kappa shape index (κ3) is 1.88. The fourth-order valence-electron chi connectivity index (χ4n) is 2.58. The second-order valence-electron chi connectivity index (χ2n) is 5.30. The zero-order valence-corrected chi connectivity index (χ0v) is 9.69. The van der Waals surface area contributed by atoms with Gasteiger partial charge in [-0.2, -0.15) is 9.97 Å². The summed E-state index contributed by atoms with van der Waals surface area (Å²) in [5.74, 6) is 4.15. The molecule has 0 bridgehead atoms. The Morgan fingerprint density at radius 2 is 1.56 bits per heavy atom. The fraction of sp³-hybridized carbons (Fsp3) is 0.750. The van der Waals surface area contributed by atoms with E-state index in [1.807, 2.05) is 0 Å². The Morgan fingerprint density at radius 3 is 2.12 bits per heavy atom. The van der Waals surface area contributed by atoms with Crippen LogP contribution in [-0.2, 0) is 0 Å². The highest BCUT2D eigenvalue weighted by atomic mass is 15.1. The second kappa shape index (κ2) is 3.68. The van der Waals surface area contributed by atoms with Gasteiger partial charge < -0.3 is 5.73 Å². The Morgan fingerprint density at radius 1 is 0.938 bits per heavy atom. The van der Waals surface area contributed by atoms with Crippen LogP contribution in [0.2, 0.25) is 0 Å². The van der Waals surface area contributed by atoms with Crippen molar-refractivity contribution in [3.05, 3.63) is 11.6 Å². The normalized spacial score (nSPS) is 29.6. The van der Waals surface area contributed by atoms with Crippen LogP contribution in [0.25, 0.3) is 0 Å². The summed E-state index contributed by atoms with van der Waals surface area (Å²) in [5, 5.41) is 0. The SMILES string of the molecule is CC1CCC(c2nc(N)nc(C3CC3)n2)C1. The predicted octanol–water partition coefficient (Wildman–Crippen LogP) is 2.23. The lowest BCUT2D eigenvalue weighted by molar-refractivity contribution is 0.582. The maximum absolute atomic E-state index is 5.77. The van der Waals surface area contributed by atoms with E-state index in [9.17, 15) is 0 Å². The molecule has 86 valence electrons. The van der Waals surface area contributed by atoms with Gasteiger partial charge >= 0.3 is 0 Å². The molecule has 0 aliphatic heterocycles. The summed E-state index contributed by atoms with van der Waals surface area (Å²) in [6, 6.07) is 0. The molecule has 2 fully saturated rings. The first kappa shape index (κ1) is 10.00. The summed E-state index contributed by atoms with van der Waals surface area (Å²) < 4.78 is 0. The van der Waals surface area contributed by atoms with Crippen LogP contribution in [0.1, 0.15) is 62.5 Å². The highest BCUT2D eigenvalue weighted by molar-refractivity contribution is 5.21. The van der Waals surface area contributed by atoms with Crippen molar-refractivity contribution in [3.8, 4) is 0 Å². The minimum atomic E-state index is 0.409. The second-order valence-corrected chi connectivity index (χ2v) is 5.30. The lowest BCUT2D eigenvalue weighted by Crippen LogP contribution is -2.09. The first-order chi connectivity index (χ1) is 7.72. The van der Waals surface area contributed by atoms with E-state index in [1.165, 1.54) is 32.1 Å². The van der Waals surface area contributed by atoms with Crippen molar-refractivity contribution in [2.75, 3.05) is 5.73 Å². The number of hydrogen-bond acceptors (Lipinski definition) is 4. The number of nitrogens with two attached hydrogens (primary N) is 1. The molecule has 16 heavy (non-hydrogen) atoms. The Kier molecular flexibility index (Phi) is 2.30. The highest BCUT2D eigenvalue weighted by Gasteiger charge is 2.30. The summed E-state index contributed by atoms with van der Waals surface area (Å²) in [4.78, 5) is 13.2. The lowest BCUT2D eigenvalue weighted by atomic mass is 10.1. The number of hydrogen-bond donors (Lipinski definition) is 1. The van der Waals surface area contributed by atoms with Crippen LogP contribution >= 0.6 is 0 Å². The molecule has 2 saturated carbocycles. The van der Waals surface area contributed by atoms with Gasteiger partial charge in [-0.25, -0.2) is 4.98 Å². The molecule has 0 aromatic carbocycles. The number of nitrogens with zero attached hydrogens (tertiary/aromatic N) is 3. The van der Waals surface area contributed by atoms with Gasteiger partial charge in [0.05, 0.1) is 0 Å². The van der Waals surface area contributed by atoms with Gasteiger partial charge in [-0.3, -0.25) is 0 Å². The molecule has 1 aromatic heterocycles. The number of nitrogen functional groups attached to an aromatic ring is 1. The van der Waals surface area contributed by atoms with Crippen molar-refractivity contribution in [2.45, 2.75) is 50.9 Å². The minimum Gasteiger partial charge on any atom is -0.368 e. The summed E-state index contributed by atoms with van der Waals surface area (Å²) in [6.07, 6.45) is 6.12. The summed E-state index contributed by atoms with van der Waals surface area (Å²) in [7, 11) is 0. The van der Waals surface area contributed by atoms with Crippen molar-refractivity contribution >= 4 is 5.95 Å². The molecular formula is C12H18N4. The third-order valence-electron chi connectivity index (χ3n) is 3.69. The number of anilines is 1. The van der Waals surface area contributed by atoms with E-state index in [-0.39, 0.29) is 0 Å². The average molecular weight is 218 g/mol. The molecular weight excluding hydrogens is 200 g/mol. The molecule has 2 atom stereocenters. The molecule has 0 saturated heterocycles. The van der Waals surface area contributed by atoms with Crippen LogP contribution in [0.4, 0.5) is 5.95 Å². The molecule has 2 aliphatic carbocycles. The van der Waals surface area contributed by atoms with Gasteiger partial charge in [0.25, 0.3) is 0 Å². The monoisotopic (exact) mass is 218 g/mol. The highest BCUT2D eigenvalue weighted by Crippen LogP contribution is 2.40. The zero-order valence-electron chi connectivity index (χ0n) is 9.69. The standard InChI is InChI=1S/C12H18N4/c1-7-2-3-9(6-7)11-14-10(8-4-5-8)15-12(13)16-11/h7-9H,2-6H2,1H3,(H2,13,14,15,16). The number of aromatic nitrogens is 3. The topological polar surface area (TPSA) is 64.7 Å². The zero-order chi connectivity index (χ0) is 11.1. The molecule has 4 heteroatoms. The maximum atomic E-state index is 5.77. The molecule has 2 N–H and O–H groups in total. The van der Waals surface area contributed by atoms with Gasteiger partial charge in [0.2, 0.25) is 5.95 Å². The molecule has 3 rings (SSSR count). The van der Waals surface area contributed by atoms with Crippen LogP contribution in [-0.4, -0.2) is 15.0 Å². The van der Waals surface area contributed by atoms with Gasteiger partial charge in [0.15, 0.2) is 0 Å². The van der Waals surface area contributed by atoms with Crippen LogP contribution in [0.5, 0.6) is 0 Å². The van der Waals surface area contributed by atoms with E-state index >= 15 is 0 Å². The van der Waals surface area contributed by atoms with Crippen LogP contribution in [0.3, 0.4) is 0 Å². The Labute approximate surface area is 95.7 Å². The Bertz CT molecular complexity index is 400. The molecule has 0 amide bonds. The van der Waals surface area contributed by atoms with Crippen LogP contribution < -0.4 is 5.73 Å². The summed E-state index contributed by atoms with van der Waals surface area (Å²) in [5.41, 5.74) is 5.77. The van der Waals surface area contributed by atoms with Crippen molar-refractivity contribution in [2.24, 2.45) is 5.92 Å². The van der Waals surface area contributed by atoms with Crippen LogP contribution in [0.15, 0.2) is 0 Å². The predicted molar refractivity (Wildman–Crippen MR) is 62.0 cm³/mol. The molecule has 2 unspecified atom stereocenters. The van der Waals surface area contributed by atoms with E-state index in [2.05, 4.69) is 21.9 Å². The lowest BCUT2D eigenvalue weighted by Gasteiger charge is -2.09. The van der Waals surface area contributed by atoms with Gasteiger partial charge in [0, 0.05) is 11.8 Å². The quantitative estimate of drug-likeness (QED) is 0.826. The number of rotatable bonds is 2. The first-order valence-corrected chi connectivity index (χ1v) is 6.23. The van der Waals surface area contributed by atoms with Gasteiger partial charge in [-0.15, -0.1) is 0 Å². The van der Waals surface area contributed by atoms with Gasteiger partial charge in [-0.05, 0) is 38.0 Å². The van der Waals surface area contributed by atoms with E-state index < -0.39 is 0 Å². The molecule has 4 nitrogen and oxygen atoms in total. The molecule has 1 aromatic rings.